The summed E-state index contributed by atoms with van der Waals surface area (Å²) in [4.78, 5) is 0. The van der Waals surface area contributed by atoms with Gasteiger partial charge in [0.25, 0.3) is 0 Å². The molecule has 116 valence electrons. The molecule has 1 heteroatoms. The fourth-order valence-corrected chi connectivity index (χ4v) is 2.69. The quantitative estimate of drug-likeness (QED) is 0.451. The fraction of sp³-hybridized carbons (Fsp3) is 0.400. The van der Waals surface area contributed by atoms with Crippen molar-refractivity contribution < 1.29 is 17.1 Å². The van der Waals surface area contributed by atoms with Gasteiger partial charge in [-0.15, -0.1) is 12.7 Å². The second kappa shape index (κ2) is 7.82. The van der Waals surface area contributed by atoms with E-state index in [2.05, 4.69) is 68.0 Å². The first-order valence-electron chi connectivity index (χ1n) is 7.27. The molecule has 0 unspecified atom stereocenters. The fourth-order valence-electron chi connectivity index (χ4n) is 2.69. The largest absolute Gasteiger partial charge is 2.00 e. The Labute approximate surface area is 141 Å². The van der Waals surface area contributed by atoms with E-state index < -0.39 is 0 Å². The van der Waals surface area contributed by atoms with Crippen molar-refractivity contribution in [2.45, 2.75) is 55.4 Å². The van der Waals surface area contributed by atoms with Crippen molar-refractivity contribution in [2.75, 3.05) is 0 Å². The maximum Gasteiger partial charge on any atom is 2.00 e. The van der Waals surface area contributed by atoms with Crippen LogP contribution in [0.15, 0.2) is 12.6 Å². The standard InChI is InChI=1S/C11H15.C9H13.Fe/c1-6-11-9(4)7(2)8(3)10(11)5;1-6-5-7(2)9(4)8(6)3;/h6H,1H2,2-5H3;5H,1-4H3;/q2*-1;+2. The summed E-state index contributed by atoms with van der Waals surface area (Å²) in [6.07, 6.45) is 1.95. The Morgan fingerprint density at radius 2 is 1.38 bits per heavy atom. The van der Waals surface area contributed by atoms with Crippen molar-refractivity contribution in [2.24, 2.45) is 0 Å². The molecular formula is C20H28Fe. The van der Waals surface area contributed by atoms with Crippen LogP contribution in [0.2, 0.25) is 0 Å². The van der Waals surface area contributed by atoms with Crippen LogP contribution in [0, 0.1) is 55.4 Å². The van der Waals surface area contributed by atoms with Crippen LogP contribution in [0.1, 0.15) is 50.1 Å². The Bertz CT molecular complexity index is 573. The first-order valence-corrected chi connectivity index (χ1v) is 7.27. The zero-order chi connectivity index (χ0) is 15.6. The van der Waals surface area contributed by atoms with Crippen molar-refractivity contribution in [3.8, 4) is 0 Å². The van der Waals surface area contributed by atoms with Crippen LogP contribution in [-0.4, -0.2) is 0 Å². The Balaban J connectivity index is 0.000000370. The van der Waals surface area contributed by atoms with Gasteiger partial charge in [-0.25, -0.2) is 0 Å². The monoisotopic (exact) mass is 324 g/mol. The Morgan fingerprint density at radius 3 is 1.52 bits per heavy atom. The molecule has 0 aromatic heterocycles. The molecule has 0 aliphatic heterocycles. The van der Waals surface area contributed by atoms with Gasteiger partial charge in [0.15, 0.2) is 0 Å². The minimum Gasteiger partial charge on any atom is -0.199 e. The predicted molar refractivity (Wildman–Crippen MR) is 92.1 cm³/mol. The van der Waals surface area contributed by atoms with E-state index in [4.69, 9.17) is 0 Å². The van der Waals surface area contributed by atoms with Crippen LogP contribution in [-0.2, 0) is 17.1 Å². The van der Waals surface area contributed by atoms with Gasteiger partial charge in [0, 0.05) is 0 Å². The minimum absolute atomic E-state index is 0. The van der Waals surface area contributed by atoms with Crippen molar-refractivity contribution in [3.63, 3.8) is 0 Å². The summed E-state index contributed by atoms with van der Waals surface area (Å²) in [5, 5.41) is 0. The zero-order valence-corrected chi connectivity index (χ0v) is 15.8. The van der Waals surface area contributed by atoms with Gasteiger partial charge in [-0.2, -0.15) is 56.1 Å². The summed E-state index contributed by atoms with van der Waals surface area (Å²) in [6.45, 7) is 21.1. The molecule has 0 aliphatic carbocycles. The molecule has 0 heterocycles. The van der Waals surface area contributed by atoms with Gasteiger partial charge in [0.1, 0.15) is 0 Å². The van der Waals surface area contributed by atoms with Crippen LogP contribution in [0.5, 0.6) is 0 Å². The molecular weight excluding hydrogens is 296 g/mol. The number of rotatable bonds is 1. The zero-order valence-electron chi connectivity index (χ0n) is 14.7. The Morgan fingerprint density at radius 1 is 0.857 bits per heavy atom. The van der Waals surface area contributed by atoms with Crippen LogP contribution >= 0.6 is 0 Å². The number of aryl methyl sites for hydroxylation is 2. The molecule has 0 saturated carbocycles. The third-order valence-electron chi connectivity index (χ3n) is 4.88. The van der Waals surface area contributed by atoms with E-state index in [0.29, 0.717) is 0 Å². The maximum atomic E-state index is 3.81. The van der Waals surface area contributed by atoms with Gasteiger partial charge in [0.05, 0.1) is 0 Å². The summed E-state index contributed by atoms with van der Waals surface area (Å²) in [5.41, 5.74) is 12.7. The minimum atomic E-state index is 0. The predicted octanol–water partition coefficient (Wildman–Crippen LogP) is 5.92. The molecule has 0 atom stereocenters. The van der Waals surface area contributed by atoms with E-state index in [9.17, 15) is 0 Å². The van der Waals surface area contributed by atoms with Crippen LogP contribution in [0.25, 0.3) is 6.08 Å². The maximum absolute atomic E-state index is 3.81. The van der Waals surface area contributed by atoms with Gasteiger partial charge >= 0.3 is 17.1 Å². The van der Waals surface area contributed by atoms with Gasteiger partial charge in [-0.05, 0) is 0 Å². The molecule has 0 bridgehead atoms. The van der Waals surface area contributed by atoms with Crippen LogP contribution < -0.4 is 0 Å². The van der Waals surface area contributed by atoms with Gasteiger partial charge < -0.3 is 0 Å². The topological polar surface area (TPSA) is 0 Å². The molecule has 2 aromatic rings. The number of hydrogen-bond donors (Lipinski definition) is 0. The molecule has 21 heavy (non-hydrogen) atoms. The molecule has 0 saturated heterocycles. The molecule has 2 aromatic carbocycles. The summed E-state index contributed by atoms with van der Waals surface area (Å²) < 4.78 is 0. The van der Waals surface area contributed by atoms with Gasteiger partial charge in [-0.1, -0.05) is 55.4 Å². The first kappa shape index (κ1) is 20.0. The van der Waals surface area contributed by atoms with E-state index in [1.54, 1.807) is 0 Å². The summed E-state index contributed by atoms with van der Waals surface area (Å²) in [6, 6.07) is 2.24. The van der Waals surface area contributed by atoms with Crippen molar-refractivity contribution in [1.29, 1.82) is 0 Å². The van der Waals surface area contributed by atoms with E-state index >= 15 is 0 Å². The summed E-state index contributed by atoms with van der Waals surface area (Å²) >= 11 is 0. The second-order valence-corrected chi connectivity index (χ2v) is 5.88. The third kappa shape index (κ3) is 3.99. The summed E-state index contributed by atoms with van der Waals surface area (Å²) in [7, 11) is 0. The van der Waals surface area contributed by atoms with E-state index in [1.807, 2.05) is 6.08 Å². The summed E-state index contributed by atoms with van der Waals surface area (Å²) in [5.74, 6) is 0. The van der Waals surface area contributed by atoms with Crippen molar-refractivity contribution in [1.82, 2.24) is 0 Å². The first-order chi connectivity index (χ1) is 9.22. The van der Waals surface area contributed by atoms with E-state index in [-0.39, 0.29) is 17.1 Å². The third-order valence-corrected chi connectivity index (χ3v) is 4.88. The molecule has 0 amide bonds. The molecule has 0 nitrogen and oxygen atoms in total. The Kier molecular flexibility index (Phi) is 7.44. The number of hydrogen-bond acceptors (Lipinski definition) is 0. The van der Waals surface area contributed by atoms with Crippen molar-refractivity contribution in [3.05, 3.63) is 62.7 Å². The van der Waals surface area contributed by atoms with Gasteiger partial charge in [0.2, 0.25) is 0 Å². The average Bonchev–Trinajstić information content (AvgIpc) is 2.74. The van der Waals surface area contributed by atoms with E-state index in [0.717, 1.165) is 0 Å². The molecule has 0 N–H and O–H groups in total. The molecule has 0 radical (unpaired) electrons. The molecule has 2 rings (SSSR count). The smallest absolute Gasteiger partial charge is 0.199 e. The van der Waals surface area contributed by atoms with Gasteiger partial charge in [-0.3, -0.25) is 0 Å². The molecule has 0 fully saturated rings. The average molecular weight is 324 g/mol. The van der Waals surface area contributed by atoms with Crippen molar-refractivity contribution >= 4 is 6.08 Å². The normalized spacial score (nSPS) is 9.71. The molecule has 0 spiro atoms. The SMILES string of the molecule is C=Cc1c(C)c(C)[c-](C)c1C.Cc1c[c-](C)c(C)c1C.[Fe+2]. The van der Waals surface area contributed by atoms with E-state index in [1.165, 1.54) is 50.1 Å². The van der Waals surface area contributed by atoms with Crippen LogP contribution in [0.3, 0.4) is 0 Å². The molecule has 0 aliphatic rings. The van der Waals surface area contributed by atoms with Crippen LogP contribution in [0.4, 0.5) is 0 Å². The second-order valence-electron chi connectivity index (χ2n) is 5.88. The Hall–Kier alpha value is -1.04.